The van der Waals surface area contributed by atoms with Crippen LogP contribution in [0.4, 0.5) is 11.6 Å². The highest BCUT2D eigenvalue weighted by atomic mass is 35.5. The average molecular weight is 309 g/mol. The number of nitrogens with two attached hydrogens (primary N) is 1. The highest BCUT2D eigenvalue weighted by molar-refractivity contribution is 6.35. The van der Waals surface area contributed by atoms with E-state index in [-0.39, 0.29) is 11.9 Å². The molecule has 3 N–H and O–H groups in total. The van der Waals surface area contributed by atoms with Gasteiger partial charge in [-0.3, -0.25) is 4.68 Å². The summed E-state index contributed by atoms with van der Waals surface area (Å²) in [5.41, 5.74) is 6.76. The van der Waals surface area contributed by atoms with Crippen molar-refractivity contribution in [3.05, 3.63) is 29.3 Å². The molecule has 8 heteroatoms. The molecule has 1 fully saturated rings. The molecular weight excluding hydrogens is 292 g/mol. The van der Waals surface area contributed by atoms with Crippen molar-refractivity contribution in [2.24, 2.45) is 13.0 Å². The lowest BCUT2D eigenvalue weighted by Crippen LogP contribution is -2.18. The smallest absolute Gasteiger partial charge is 0.150 e. The minimum Gasteiger partial charge on any atom is -0.382 e. The van der Waals surface area contributed by atoms with Gasteiger partial charge < -0.3 is 15.8 Å². The Kier molecular flexibility index (Phi) is 3.94. The molecule has 3 heterocycles. The summed E-state index contributed by atoms with van der Waals surface area (Å²) < 4.78 is 7.60. The standard InChI is InChI=1S/C13H17ClN6O/c1-20-6-9(5-19-20)11-8(2-3-21-11)4-16-13-10(14)12(15)17-7-18-13/h5-8,11H,2-4H2,1H3,(H3,15,16,17,18)/t8-,11+/m0/s1. The van der Waals surface area contributed by atoms with Crippen LogP contribution in [0.5, 0.6) is 0 Å². The zero-order chi connectivity index (χ0) is 14.8. The van der Waals surface area contributed by atoms with Crippen molar-refractivity contribution in [1.29, 1.82) is 0 Å². The normalized spacial score (nSPS) is 21.6. The maximum absolute atomic E-state index is 6.08. The molecule has 0 saturated carbocycles. The lowest BCUT2D eigenvalue weighted by atomic mass is 9.97. The monoisotopic (exact) mass is 308 g/mol. The van der Waals surface area contributed by atoms with Gasteiger partial charge in [-0.15, -0.1) is 0 Å². The van der Waals surface area contributed by atoms with Gasteiger partial charge in [-0.25, -0.2) is 9.97 Å². The highest BCUT2D eigenvalue weighted by Crippen LogP contribution is 2.34. The van der Waals surface area contributed by atoms with Crippen LogP contribution in [0.25, 0.3) is 0 Å². The molecule has 21 heavy (non-hydrogen) atoms. The van der Waals surface area contributed by atoms with Crippen molar-refractivity contribution in [2.75, 3.05) is 24.2 Å². The molecule has 3 rings (SSSR count). The highest BCUT2D eigenvalue weighted by Gasteiger charge is 2.30. The number of rotatable bonds is 4. The molecular formula is C13H17ClN6O. The Bertz CT molecular complexity index is 631. The third-order valence-corrected chi connectivity index (χ3v) is 3.99. The lowest BCUT2D eigenvalue weighted by Gasteiger charge is -2.18. The van der Waals surface area contributed by atoms with E-state index in [9.17, 15) is 0 Å². The van der Waals surface area contributed by atoms with Crippen LogP contribution in [0, 0.1) is 5.92 Å². The predicted molar refractivity (Wildman–Crippen MR) is 80.0 cm³/mol. The molecule has 1 aliphatic rings. The average Bonchev–Trinajstić information content (AvgIpc) is 3.09. The molecule has 0 spiro atoms. The molecule has 0 unspecified atom stereocenters. The van der Waals surface area contributed by atoms with Gasteiger partial charge >= 0.3 is 0 Å². The van der Waals surface area contributed by atoms with Gasteiger partial charge in [-0.1, -0.05) is 11.6 Å². The van der Waals surface area contributed by atoms with Gasteiger partial charge in [0.1, 0.15) is 23.0 Å². The van der Waals surface area contributed by atoms with Crippen molar-refractivity contribution in [3.63, 3.8) is 0 Å². The fourth-order valence-corrected chi connectivity index (χ4v) is 2.70. The summed E-state index contributed by atoms with van der Waals surface area (Å²) in [5.74, 6) is 1.17. The quantitative estimate of drug-likeness (QED) is 0.892. The molecule has 0 aliphatic carbocycles. The molecule has 2 atom stereocenters. The number of ether oxygens (including phenoxy) is 1. The Balaban J connectivity index is 1.68. The van der Waals surface area contributed by atoms with E-state index < -0.39 is 0 Å². The second kappa shape index (κ2) is 5.87. The van der Waals surface area contributed by atoms with Gasteiger partial charge in [0.25, 0.3) is 0 Å². The summed E-state index contributed by atoms with van der Waals surface area (Å²) in [6.45, 7) is 1.45. The van der Waals surface area contributed by atoms with Crippen molar-refractivity contribution in [3.8, 4) is 0 Å². The first-order valence-corrected chi connectivity index (χ1v) is 7.13. The topological polar surface area (TPSA) is 90.9 Å². The third-order valence-electron chi connectivity index (χ3n) is 3.62. The fraction of sp³-hybridized carbons (Fsp3) is 0.462. The number of halogens is 1. The first kappa shape index (κ1) is 14.1. The number of aromatic nitrogens is 4. The van der Waals surface area contributed by atoms with Gasteiger partial charge in [-0.2, -0.15) is 5.10 Å². The SMILES string of the molecule is Cn1cc([C@@H]2OCC[C@H]2CNc2ncnc(N)c2Cl)cn1. The van der Waals surface area contributed by atoms with E-state index in [1.165, 1.54) is 6.33 Å². The van der Waals surface area contributed by atoms with Gasteiger partial charge in [0.05, 0.1) is 12.3 Å². The molecule has 0 amide bonds. The summed E-state index contributed by atoms with van der Waals surface area (Å²) in [5, 5.41) is 7.79. The Morgan fingerprint density at radius 3 is 3.14 bits per heavy atom. The molecule has 1 saturated heterocycles. The van der Waals surface area contributed by atoms with E-state index in [1.54, 1.807) is 4.68 Å². The number of nitrogen functional groups attached to an aromatic ring is 1. The molecule has 2 aromatic heterocycles. The van der Waals surface area contributed by atoms with Crippen molar-refractivity contribution in [2.45, 2.75) is 12.5 Å². The second-order valence-electron chi connectivity index (χ2n) is 5.09. The minimum absolute atomic E-state index is 0.0455. The zero-order valence-electron chi connectivity index (χ0n) is 11.7. The van der Waals surface area contributed by atoms with Crippen molar-refractivity contribution in [1.82, 2.24) is 19.7 Å². The summed E-state index contributed by atoms with van der Waals surface area (Å²) in [7, 11) is 1.90. The number of nitrogens with zero attached hydrogens (tertiary/aromatic N) is 4. The third kappa shape index (κ3) is 2.93. The molecule has 0 radical (unpaired) electrons. The molecule has 1 aliphatic heterocycles. The van der Waals surface area contributed by atoms with Crippen LogP contribution in [0.3, 0.4) is 0 Å². The van der Waals surface area contributed by atoms with Gasteiger partial charge in [0, 0.05) is 37.9 Å². The van der Waals surface area contributed by atoms with Gasteiger partial charge in [0.2, 0.25) is 0 Å². The Hall–Kier alpha value is -1.86. The summed E-state index contributed by atoms with van der Waals surface area (Å²) in [6, 6.07) is 0. The number of aryl methyl sites for hydroxylation is 1. The molecule has 7 nitrogen and oxygen atoms in total. The van der Waals surface area contributed by atoms with E-state index in [0.29, 0.717) is 23.3 Å². The largest absolute Gasteiger partial charge is 0.382 e. The van der Waals surface area contributed by atoms with Crippen LogP contribution in [-0.4, -0.2) is 32.9 Å². The van der Waals surface area contributed by atoms with Gasteiger partial charge in [-0.05, 0) is 6.42 Å². The fourth-order valence-electron chi connectivity index (χ4n) is 2.53. The van der Waals surface area contributed by atoms with Gasteiger partial charge in [0.15, 0.2) is 0 Å². The van der Waals surface area contributed by atoms with E-state index >= 15 is 0 Å². The maximum Gasteiger partial charge on any atom is 0.150 e. The number of hydrogen-bond donors (Lipinski definition) is 2. The lowest BCUT2D eigenvalue weighted by molar-refractivity contribution is 0.0932. The molecule has 0 aromatic carbocycles. The van der Waals surface area contributed by atoms with Crippen LogP contribution in [-0.2, 0) is 11.8 Å². The van der Waals surface area contributed by atoms with Crippen molar-refractivity contribution < 1.29 is 4.74 Å². The Morgan fingerprint density at radius 2 is 2.38 bits per heavy atom. The first-order valence-electron chi connectivity index (χ1n) is 6.75. The maximum atomic E-state index is 6.08. The molecule has 0 bridgehead atoms. The molecule has 2 aromatic rings. The predicted octanol–water partition coefficient (Wildman–Crippen LogP) is 1.64. The molecule has 112 valence electrons. The van der Waals surface area contributed by atoms with Crippen LogP contribution >= 0.6 is 11.6 Å². The van der Waals surface area contributed by atoms with E-state index in [1.807, 2.05) is 19.4 Å². The van der Waals surface area contributed by atoms with E-state index in [4.69, 9.17) is 22.1 Å². The van der Waals surface area contributed by atoms with Crippen LogP contribution < -0.4 is 11.1 Å². The van der Waals surface area contributed by atoms with Crippen molar-refractivity contribution >= 4 is 23.2 Å². The number of nitrogens with one attached hydrogen (secondary N) is 1. The Labute approximate surface area is 127 Å². The number of anilines is 2. The minimum atomic E-state index is 0.0455. The Morgan fingerprint density at radius 1 is 1.52 bits per heavy atom. The zero-order valence-corrected chi connectivity index (χ0v) is 12.4. The van der Waals surface area contributed by atoms with Crippen LogP contribution in [0.2, 0.25) is 5.02 Å². The van der Waals surface area contributed by atoms with Crippen LogP contribution in [0.15, 0.2) is 18.7 Å². The summed E-state index contributed by atoms with van der Waals surface area (Å²) in [4.78, 5) is 7.95. The van der Waals surface area contributed by atoms with E-state index in [0.717, 1.165) is 18.6 Å². The number of hydrogen-bond acceptors (Lipinski definition) is 6. The summed E-state index contributed by atoms with van der Waals surface area (Å²) >= 11 is 6.08. The van der Waals surface area contributed by atoms with E-state index in [2.05, 4.69) is 20.4 Å². The second-order valence-corrected chi connectivity index (χ2v) is 5.47. The van der Waals surface area contributed by atoms with Crippen LogP contribution in [0.1, 0.15) is 18.1 Å². The summed E-state index contributed by atoms with van der Waals surface area (Å²) in [6.07, 6.45) is 6.25. The first-order chi connectivity index (χ1) is 10.1.